The summed E-state index contributed by atoms with van der Waals surface area (Å²) in [6.45, 7) is 4.64. The van der Waals surface area contributed by atoms with Crippen molar-refractivity contribution in [3.8, 4) is 0 Å². The Morgan fingerprint density at radius 3 is 2.57 bits per heavy atom. The minimum Gasteiger partial charge on any atom is -0.468 e. The maximum absolute atomic E-state index is 12.4. The first-order chi connectivity index (χ1) is 10.00. The van der Waals surface area contributed by atoms with Gasteiger partial charge in [0.1, 0.15) is 5.41 Å². The summed E-state index contributed by atoms with van der Waals surface area (Å²) in [7, 11) is 1.33. The summed E-state index contributed by atoms with van der Waals surface area (Å²) in [5.41, 5.74) is -1.08. The van der Waals surface area contributed by atoms with Gasteiger partial charge in [0.25, 0.3) is 0 Å². The molecule has 1 fully saturated rings. The van der Waals surface area contributed by atoms with E-state index < -0.39 is 23.1 Å². The molecule has 2 rings (SSSR count). The molecule has 2 atom stereocenters. The Morgan fingerprint density at radius 2 is 2.00 bits per heavy atom. The van der Waals surface area contributed by atoms with Gasteiger partial charge in [-0.05, 0) is 13.8 Å². The van der Waals surface area contributed by atoms with Crippen molar-refractivity contribution in [2.75, 3.05) is 26.9 Å². The first-order valence-corrected chi connectivity index (χ1v) is 7.19. The SMILES string of the molecule is CCOC(=O)C[C@H]1C=CCC2(OCCO2)[C@]1(C)C(=O)OC. The zero-order valence-electron chi connectivity index (χ0n) is 12.7. The van der Waals surface area contributed by atoms with E-state index in [1.165, 1.54) is 7.11 Å². The lowest BCUT2D eigenvalue weighted by molar-refractivity contribution is -0.251. The molecule has 118 valence electrons. The summed E-state index contributed by atoms with van der Waals surface area (Å²) in [5.74, 6) is -2.25. The van der Waals surface area contributed by atoms with Crippen LogP contribution in [0.4, 0.5) is 0 Å². The highest BCUT2D eigenvalue weighted by Crippen LogP contribution is 2.51. The minimum atomic E-state index is -1.08. The van der Waals surface area contributed by atoms with Crippen molar-refractivity contribution in [3.05, 3.63) is 12.2 Å². The number of methoxy groups -OCH3 is 1. The predicted octanol–water partition coefficient (Wildman–Crippen LogP) is 1.44. The molecule has 1 aliphatic carbocycles. The van der Waals surface area contributed by atoms with E-state index >= 15 is 0 Å². The molecule has 0 bridgehead atoms. The van der Waals surface area contributed by atoms with E-state index in [-0.39, 0.29) is 12.4 Å². The van der Waals surface area contributed by atoms with Gasteiger partial charge in [0.15, 0.2) is 5.79 Å². The number of hydrogen-bond donors (Lipinski definition) is 0. The number of rotatable bonds is 4. The van der Waals surface area contributed by atoms with Gasteiger partial charge >= 0.3 is 11.9 Å². The Kier molecular flexibility index (Phi) is 4.68. The van der Waals surface area contributed by atoms with Crippen LogP contribution in [-0.2, 0) is 28.5 Å². The quantitative estimate of drug-likeness (QED) is 0.578. The van der Waals surface area contributed by atoms with E-state index in [1.807, 2.05) is 12.2 Å². The van der Waals surface area contributed by atoms with Crippen molar-refractivity contribution in [1.29, 1.82) is 0 Å². The van der Waals surface area contributed by atoms with E-state index in [0.29, 0.717) is 26.2 Å². The number of allylic oxidation sites excluding steroid dienone is 1. The molecule has 0 radical (unpaired) electrons. The highest BCUT2D eigenvalue weighted by Gasteiger charge is 2.62. The lowest BCUT2D eigenvalue weighted by atomic mass is 9.65. The molecule has 6 heteroatoms. The van der Waals surface area contributed by atoms with Crippen molar-refractivity contribution in [2.45, 2.75) is 32.5 Å². The summed E-state index contributed by atoms with van der Waals surface area (Å²) in [6.07, 6.45) is 4.28. The van der Waals surface area contributed by atoms with Crippen molar-refractivity contribution in [2.24, 2.45) is 11.3 Å². The molecule has 0 aromatic carbocycles. The van der Waals surface area contributed by atoms with Crippen LogP contribution in [0, 0.1) is 11.3 Å². The van der Waals surface area contributed by atoms with Gasteiger partial charge in [0.05, 0.1) is 33.4 Å². The van der Waals surface area contributed by atoms with Crippen LogP contribution in [0.2, 0.25) is 0 Å². The Balaban J connectivity index is 2.33. The van der Waals surface area contributed by atoms with Crippen molar-refractivity contribution >= 4 is 11.9 Å². The number of ether oxygens (including phenoxy) is 4. The molecule has 6 nitrogen and oxygen atoms in total. The van der Waals surface area contributed by atoms with Crippen LogP contribution in [0.5, 0.6) is 0 Å². The van der Waals surface area contributed by atoms with Gasteiger partial charge in [-0.15, -0.1) is 0 Å². The average molecular weight is 298 g/mol. The van der Waals surface area contributed by atoms with E-state index in [4.69, 9.17) is 18.9 Å². The lowest BCUT2D eigenvalue weighted by Crippen LogP contribution is -2.58. The Labute approximate surface area is 124 Å². The topological polar surface area (TPSA) is 71.1 Å². The fraction of sp³-hybridized carbons (Fsp3) is 0.733. The molecule has 1 spiro atoms. The molecule has 1 heterocycles. The second kappa shape index (κ2) is 6.15. The van der Waals surface area contributed by atoms with Crippen LogP contribution >= 0.6 is 0 Å². The average Bonchev–Trinajstić information content (AvgIpc) is 2.93. The van der Waals surface area contributed by atoms with Crippen molar-refractivity contribution in [1.82, 2.24) is 0 Å². The maximum Gasteiger partial charge on any atom is 0.317 e. The molecule has 21 heavy (non-hydrogen) atoms. The monoisotopic (exact) mass is 298 g/mol. The highest BCUT2D eigenvalue weighted by molar-refractivity contribution is 5.80. The van der Waals surface area contributed by atoms with Crippen LogP contribution in [0.1, 0.15) is 26.7 Å². The largest absolute Gasteiger partial charge is 0.468 e. The molecule has 0 N–H and O–H groups in total. The zero-order chi connectivity index (χ0) is 15.5. The number of carbonyl (C=O) groups excluding carboxylic acids is 2. The lowest BCUT2D eigenvalue weighted by Gasteiger charge is -2.47. The molecule has 2 aliphatic rings. The van der Waals surface area contributed by atoms with Crippen molar-refractivity contribution < 1.29 is 28.5 Å². The summed E-state index contributed by atoms with van der Waals surface area (Å²) in [4.78, 5) is 24.3. The highest BCUT2D eigenvalue weighted by atomic mass is 16.7. The van der Waals surface area contributed by atoms with Gasteiger partial charge in [0.2, 0.25) is 0 Å². The van der Waals surface area contributed by atoms with E-state index in [0.717, 1.165) is 0 Å². The van der Waals surface area contributed by atoms with E-state index in [2.05, 4.69) is 0 Å². The van der Waals surface area contributed by atoms with Gasteiger partial charge in [-0.3, -0.25) is 9.59 Å². The predicted molar refractivity (Wildman–Crippen MR) is 73.3 cm³/mol. The molecule has 1 saturated heterocycles. The number of carbonyl (C=O) groups is 2. The molecule has 0 saturated carbocycles. The summed E-state index contributed by atoms with van der Waals surface area (Å²) in [6, 6.07) is 0. The number of esters is 2. The van der Waals surface area contributed by atoms with Crippen LogP contribution in [-0.4, -0.2) is 44.7 Å². The van der Waals surface area contributed by atoms with Crippen molar-refractivity contribution in [3.63, 3.8) is 0 Å². The summed E-state index contributed by atoms with van der Waals surface area (Å²) < 4.78 is 21.5. The fourth-order valence-corrected chi connectivity index (χ4v) is 3.14. The normalized spacial score (nSPS) is 30.3. The van der Waals surface area contributed by atoms with Crippen LogP contribution in [0.25, 0.3) is 0 Å². The Morgan fingerprint density at radius 1 is 1.33 bits per heavy atom. The third kappa shape index (κ3) is 2.58. The van der Waals surface area contributed by atoms with Gasteiger partial charge in [-0.2, -0.15) is 0 Å². The molecule has 0 amide bonds. The third-order valence-corrected chi connectivity index (χ3v) is 4.34. The molecule has 0 aromatic rings. The zero-order valence-corrected chi connectivity index (χ0v) is 12.7. The first kappa shape index (κ1) is 16.0. The molecular formula is C15H22O6. The third-order valence-electron chi connectivity index (χ3n) is 4.34. The Hall–Kier alpha value is -1.40. The van der Waals surface area contributed by atoms with E-state index in [9.17, 15) is 9.59 Å². The maximum atomic E-state index is 12.4. The standard InChI is InChI=1S/C15H22O6/c1-4-19-12(16)10-11-6-5-7-15(20-8-9-21-15)14(11,2)13(17)18-3/h5-6,11H,4,7-10H2,1-3H3/t11-,14+/m1/s1. The van der Waals surface area contributed by atoms with Gasteiger partial charge in [0, 0.05) is 12.3 Å². The molecule has 1 aliphatic heterocycles. The summed E-state index contributed by atoms with van der Waals surface area (Å²) in [5, 5.41) is 0. The van der Waals surface area contributed by atoms with Crippen LogP contribution in [0.15, 0.2) is 12.2 Å². The van der Waals surface area contributed by atoms with Gasteiger partial charge in [-0.25, -0.2) is 0 Å². The first-order valence-electron chi connectivity index (χ1n) is 7.19. The van der Waals surface area contributed by atoms with Crippen LogP contribution in [0.3, 0.4) is 0 Å². The molecule has 0 unspecified atom stereocenters. The van der Waals surface area contributed by atoms with Crippen LogP contribution < -0.4 is 0 Å². The smallest absolute Gasteiger partial charge is 0.317 e. The second-order valence-electron chi connectivity index (χ2n) is 5.39. The van der Waals surface area contributed by atoms with Gasteiger partial charge < -0.3 is 18.9 Å². The second-order valence-corrected chi connectivity index (χ2v) is 5.39. The molecule has 0 aromatic heterocycles. The van der Waals surface area contributed by atoms with E-state index in [1.54, 1.807) is 13.8 Å². The fourth-order valence-electron chi connectivity index (χ4n) is 3.14. The number of hydrogen-bond acceptors (Lipinski definition) is 6. The molecular weight excluding hydrogens is 276 g/mol. The van der Waals surface area contributed by atoms with Gasteiger partial charge in [-0.1, -0.05) is 12.2 Å². The minimum absolute atomic E-state index is 0.0877. The summed E-state index contributed by atoms with van der Waals surface area (Å²) >= 11 is 0. The Bertz CT molecular complexity index is 437.